The first-order valence-electron chi connectivity index (χ1n) is 22.8. The van der Waals surface area contributed by atoms with Crippen molar-refractivity contribution < 1.29 is 13.2 Å². The van der Waals surface area contributed by atoms with E-state index in [0.29, 0.717) is 11.4 Å². The Morgan fingerprint density at radius 3 is 1.01 bits per heavy atom. The van der Waals surface area contributed by atoms with E-state index in [4.69, 9.17) is 13.1 Å². The summed E-state index contributed by atoms with van der Waals surface area (Å²) >= 11 is 0. The van der Waals surface area contributed by atoms with E-state index in [1.807, 2.05) is 84.9 Å². The van der Waals surface area contributed by atoms with Gasteiger partial charge in [0, 0.05) is 27.1 Å². The van der Waals surface area contributed by atoms with Gasteiger partial charge >= 0.3 is 6.18 Å². The summed E-state index contributed by atoms with van der Waals surface area (Å²) in [4.78, 5) is 7.55. The number of fused-ring (bicyclic) bond motifs is 6. The first-order valence-corrected chi connectivity index (χ1v) is 22.8. The van der Waals surface area contributed by atoms with Crippen molar-refractivity contribution >= 4 is 55.0 Å². The fraction of sp³-hybridized carbons (Fsp3) is 0.0159. The molecule has 0 aliphatic carbocycles. The fourth-order valence-electron chi connectivity index (χ4n) is 10.0. The minimum Gasteiger partial charge on any atom is -0.308 e. The van der Waals surface area contributed by atoms with Crippen molar-refractivity contribution in [2.45, 2.75) is 6.18 Å². The summed E-state index contributed by atoms with van der Waals surface area (Å²) < 4.78 is 48.5. The number of hydrogen-bond acceptors (Lipinski definition) is 0. The number of hydrogen-bond donors (Lipinski definition) is 0. The summed E-state index contributed by atoms with van der Waals surface area (Å²) in [5, 5.41) is 3.94. The van der Waals surface area contributed by atoms with Crippen LogP contribution in [0.25, 0.3) is 120 Å². The fourth-order valence-corrected chi connectivity index (χ4v) is 10.0. The largest absolute Gasteiger partial charge is 0.415 e. The summed E-state index contributed by atoms with van der Waals surface area (Å²) in [5.74, 6) is 0. The number of alkyl halides is 3. The quantitative estimate of drug-likeness (QED) is 0.142. The van der Waals surface area contributed by atoms with Gasteiger partial charge in [-0.3, -0.25) is 0 Å². The molecular formula is C63H37F3N4. The normalized spacial score (nSPS) is 11.6. The molecule has 2 aromatic heterocycles. The van der Waals surface area contributed by atoms with Crippen LogP contribution in [0, 0.1) is 13.1 Å². The van der Waals surface area contributed by atoms with E-state index in [1.54, 1.807) is 0 Å². The molecule has 70 heavy (non-hydrogen) atoms. The summed E-state index contributed by atoms with van der Waals surface area (Å²) in [6.07, 6.45) is -4.74. The number of halogens is 3. The van der Waals surface area contributed by atoms with Gasteiger partial charge in [0.05, 0.1) is 46.6 Å². The van der Waals surface area contributed by atoms with Crippen molar-refractivity contribution in [1.82, 2.24) is 9.13 Å². The predicted octanol–water partition coefficient (Wildman–Crippen LogP) is 18.3. The highest BCUT2D eigenvalue weighted by molar-refractivity contribution is 6.14. The number of rotatable bonds is 7. The van der Waals surface area contributed by atoms with E-state index in [2.05, 4.69) is 140 Å². The topological polar surface area (TPSA) is 18.6 Å². The van der Waals surface area contributed by atoms with Gasteiger partial charge < -0.3 is 9.13 Å². The Morgan fingerprint density at radius 1 is 0.329 bits per heavy atom. The molecule has 0 unspecified atom stereocenters. The molecule has 0 atom stereocenters. The molecule has 0 saturated carbocycles. The van der Waals surface area contributed by atoms with Crippen molar-refractivity contribution in [2.24, 2.45) is 0 Å². The zero-order chi connectivity index (χ0) is 47.5. The molecule has 7 heteroatoms. The summed E-state index contributed by atoms with van der Waals surface area (Å²) in [5.41, 5.74) is 12.3. The molecule has 0 N–H and O–H groups in total. The van der Waals surface area contributed by atoms with E-state index >= 15 is 0 Å². The second-order valence-corrected chi connectivity index (χ2v) is 17.4. The maximum Gasteiger partial charge on any atom is 0.415 e. The lowest BCUT2D eigenvalue weighted by Crippen LogP contribution is -2.06. The molecule has 12 rings (SSSR count). The molecule has 0 radical (unpaired) electrons. The maximum atomic E-state index is 14.7. The maximum absolute atomic E-state index is 14.7. The van der Waals surface area contributed by atoms with Crippen LogP contribution in [0.3, 0.4) is 0 Å². The molecule has 0 aliphatic heterocycles. The Hall–Kier alpha value is -9.43. The minimum atomic E-state index is -4.74. The number of aromatic nitrogens is 2. The van der Waals surface area contributed by atoms with Crippen LogP contribution in [-0.2, 0) is 6.18 Å². The molecule has 0 amide bonds. The van der Waals surface area contributed by atoms with Crippen molar-refractivity contribution in [3.8, 4) is 67.0 Å². The predicted molar refractivity (Wildman–Crippen MR) is 280 cm³/mol. The van der Waals surface area contributed by atoms with Crippen LogP contribution in [0.4, 0.5) is 24.5 Å². The van der Waals surface area contributed by atoms with E-state index in [1.165, 1.54) is 6.07 Å². The zero-order valence-corrected chi connectivity index (χ0v) is 37.3. The van der Waals surface area contributed by atoms with Gasteiger partial charge in [-0.25, -0.2) is 9.69 Å². The molecule has 0 spiro atoms. The van der Waals surface area contributed by atoms with Crippen molar-refractivity contribution in [3.05, 3.63) is 253 Å². The van der Waals surface area contributed by atoms with Gasteiger partial charge in [-0.2, -0.15) is 13.2 Å². The molecule has 10 aromatic carbocycles. The smallest absolute Gasteiger partial charge is 0.308 e. The molecule has 0 aliphatic rings. The van der Waals surface area contributed by atoms with E-state index < -0.39 is 11.7 Å². The summed E-state index contributed by atoms with van der Waals surface area (Å²) in [6, 6.07) is 73.5. The third-order valence-electron chi connectivity index (χ3n) is 13.3. The SMILES string of the molecule is [C-]#[N+]c1cc(-c2cc(-n3c4cc(-c5ccccc5)ccc4c4ccc(-c5ccccc5)cc43)c(-n3c4cc(-c5ccccc5)ccc4c4ccc(-c5ccccc5)cc43)cc2[N+]#[C-])cc(C(F)(F)F)c1. The van der Waals surface area contributed by atoms with E-state index in [0.717, 1.165) is 100 Å². The molecule has 0 bridgehead atoms. The molecule has 330 valence electrons. The molecule has 4 nitrogen and oxygen atoms in total. The van der Waals surface area contributed by atoms with Gasteiger partial charge in [0.15, 0.2) is 11.4 Å². The third kappa shape index (κ3) is 7.17. The monoisotopic (exact) mass is 906 g/mol. The van der Waals surface area contributed by atoms with Crippen molar-refractivity contribution in [2.75, 3.05) is 0 Å². The second-order valence-electron chi connectivity index (χ2n) is 17.4. The Kier molecular flexibility index (Phi) is 10.0. The van der Waals surface area contributed by atoms with Crippen LogP contribution in [0.1, 0.15) is 5.56 Å². The van der Waals surface area contributed by atoms with E-state index in [-0.39, 0.29) is 22.5 Å². The molecule has 0 saturated heterocycles. The van der Waals surface area contributed by atoms with Crippen LogP contribution < -0.4 is 0 Å². The first-order chi connectivity index (χ1) is 34.2. The Morgan fingerprint density at radius 2 is 0.686 bits per heavy atom. The zero-order valence-electron chi connectivity index (χ0n) is 37.3. The van der Waals surface area contributed by atoms with Crippen LogP contribution in [0.5, 0.6) is 0 Å². The van der Waals surface area contributed by atoms with Crippen LogP contribution in [-0.4, -0.2) is 9.13 Å². The lowest BCUT2D eigenvalue weighted by atomic mass is 9.98. The molecular weight excluding hydrogens is 870 g/mol. The Bertz CT molecular complexity index is 3910. The lowest BCUT2D eigenvalue weighted by Gasteiger charge is -2.21. The molecule has 0 fully saturated rings. The first kappa shape index (κ1) is 42.0. The Balaban J connectivity index is 1.27. The summed E-state index contributed by atoms with van der Waals surface area (Å²) in [7, 11) is 0. The van der Waals surface area contributed by atoms with Crippen molar-refractivity contribution in [1.29, 1.82) is 0 Å². The number of nitrogens with zero attached hydrogens (tertiary/aromatic N) is 4. The molecule has 12 aromatic rings. The second kappa shape index (κ2) is 16.7. The Labute approximate surface area is 401 Å². The molecule has 2 heterocycles. The highest BCUT2D eigenvalue weighted by Gasteiger charge is 2.32. The van der Waals surface area contributed by atoms with Crippen LogP contribution >= 0.6 is 0 Å². The van der Waals surface area contributed by atoms with Crippen LogP contribution in [0.15, 0.2) is 224 Å². The minimum absolute atomic E-state index is 0.121. The van der Waals surface area contributed by atoms with Gasteiger partial charge in [0.25, 0.3) is 0 Å². The van der Waals surface area contributed by atoms with Gasteiger partial charge in [-0.1, -0.05) is 170 Å². The standard InChI is InChI=1S/C63H37F3N4/c1-67-50-32-48(31-49(37-50)63(64,65)66)55-38-61(69-57-33-44(40-15-7-3-8-16-40)23-27-51(57)52-28-24-45(34-58(52)69)41-17-9-4-10-18-41)62(39-56(55)68-2)70-59-35-46(42-19-11-5-12-20-42)25-29-53(59)54-30-26-47(36-60(54)70)43-21-13-6-14-22-43/h3-39H. The van der Waals surface area contributed by atoms with Crippen molar-refractivity contribution in [3.63, 3.8) is 0 Å². The highest BCUT2D eigenvalue weighted by atomic mass is 19.4. The van der Waals surface area contributed by atoms with Crippen LogP contribution in [0.2, 0.25) is 0 Å². The average molecular weight is 907 g/mol. The van der Waals surface area contributed by atoms with Gasteiger partial charge in [-0.15, -0.1) is 0 Å². The number of benzene rings is 10. The summed E-state index contributed by atoms with van der Waals surface area (Å²) in [6.45, 7) is 16.6. The van der Waals surface area contributed by atoms with Gasteiger partial charge in [-0.05, 0) is 110 Å². The highest BCUT2D eigenvalue weighted by Crippen LogP contribution is 2.47. The average Bonchev–Trinajstić information content (AvgIpc) is 3.92. The van der Waals surface area contributed by atoms with Gasteiger partial charge in [0.1, 0.15) is 0 Å². The van der Waals surface area contributed by atoms with E-state index in [9.17, 15) is 13.2 Å². The van der Waals surface area contributed by atoms with Gasteiger partial charge in [0.2, 0.25) is 0 Å². The lowest BCUT2D eigenvalue weighted by molar-refractivity contribution is -0.137. The third-order valence-corrected chi connectivity index (χ3v) is 13.3.